The summed E-state index contributed by atoms with van der Waals surface area (Å²) in [6.45, 7) is 5.69. The molecular weight excluding hydrogens is 372 g/mol. The number of nitrogens with one attached hydrogen (secondary N) is 1. The summed E-state index contributed by atoms with van der Waals surface area (Å²) in [4.78, 5) is 24.4. The first-order valence-corrected chi connectivity index (χ1v) is 11.2. The Balaban J connectivity index is 1.46. The fourth-order valence-corrected chi connectivity index (χ4v) is 4.55. The standard InChI is InChI=1S/C21H28N4O2S/c1-15-8-10-25(11-9-15)20-21(24-18-7-3-2-6-17(18)23-20)28-14-19(26)22-13-16-5-4-12-27-16/h2-3,6-7,15-16H,4-5,8-14H2,1H3,(H,22,26)/t16-/m1/s1. The monoisotopic (exact) mass is 400 g/mol. The van der Waals surface area contributed by atoms with E-state index >= 15 is 0 Å². The summed E-state index contributed by atoms with van der Waals surface area (Å²) in [7, 11) is 0. The van der Waals surface area contributed by atoms with Crippen molar-refractivity contribution in [1.29, 1.82) is 0 Å². The summed E-state index contributed by atoms with van der Waals surface area (Å²) in [5.74, 6) is 2.04. The summed E-state index contributed by atoms with van der Waals surface area (Å²) in [5.41, 5.74) is 1.78. The largest absolute Gasteiger partial charge is 0.376 e. The molecule has 6 nitrogen and oxygen atoms in total. The Morgan fingerprint density at radius 2 is 1.96 bits per heavy atom. The second kappa shape index (κ2) is 9.09. The zero-order valence-electron chi connectivity index (χ0n) is 16.4. The van der Waals surface area contributed by atoms with E-state index in [4.69, 9.17) is 14.7 Å². The van der Waals surface area contributed by atoms with E-state index in [0.717, 1.165) is 60.3 Å². The number of nitrogens with zero attached hydrogens (tertiary/aromatic N) is 3. The van der Waals surface area contributed by atoms with Gasteiger partial charge in [-0.25, -0.2) is 9.97 Å². The number of thioether (sulfide) groups is 1. The summed E-state index contributed by atoms with van der Waals surface area (Å²) >= 11 is 1.48. The molecule has 1 aromatic heterocycles. The Hall–Kier alpha value is -1.86. The molecule has 150 valence electrons. The van der Waals surface area contributed by atoms with Crippen molar-refractivity contribution >= 4 is 34.5 Å². The molecule has 0 bridgehead atoms. The number of fused-ring (bicyclic) bond motifs is 1. The van der Waals surface area contributed by atoms with Gasteiger partial charge < -0.3 is 15.0 Å². The van der Waals surface area contributed by atoms with Gasteiger partial charge in [0.25, 0.3) is 0 Å². The van der Waals surface area contributed by atoms with Crippen LogP contribution in [-0.2, 0) is 9.53 Å². The number of benzene rings is 1. The van der Waals surface area contributed by atoms with Gasteiger partial charge in [-0.1, -0.05) is 30.8 Å². The predicted octanol–water partition coefficient (Wildman–Crippen LogP) is 3.25. The number of anilines is 1. The van der Waals surface area contributed by atoms with Crippen molar-refractivity contribution in [3.63, 3.8) is 0 Å². The van der Waals surface area contributed by atoms with Crippen molar-refractivity contribution in [3.8, 4) is 0 Å². The Bertz CT molecular complexity index is 817. The highest BCUT2D eigenvalue weighted by atomic mass is 32.2. The highest BCUT2D eigenvalue weighted by Gasteiger charge is 2.22. The molecule has 0 aliphatic carbocycles. The van der Waals surface area contributed by atoms with Crippen LogP contribution in [0, 0.1) is 5.92 Å². The number of aromatic nitrogens is 2. The van der Waals surface area contributed by atoms with Gasteiger partial charge in [-0.3, -0.25) is 4.79 Å². The molecule has 2 fully saturated rings. The van der Waals surface area contributed by atoms with Gasteiger partial charge in [0, 0.05) is 26.2 Å². The molecule has 1 aromatic carbocycles. The molecule has 0 spiro atoms. The van der Waals surface area contributed by atoms with Crippen molar-refractivity contribution in [1.82, 2.24) is 15.3 Å². The van der Waals surface area contributed by atoms with E-state index in [1.165, 1.54) is 24.6 Å². The molecule has 1 amide bonds. The van der Waals surface area contributed by atoms with Crippen LogP contribution in [0.1, 0.15) is 32.6 Å². The van der Waals surface area contributed by atoms with Crippen LogP contribution in [0.4, 0.5) is 5.82 Å². The third kappa shape index (κ3) is 4.75. The molecule has 4 rings (SSSR count). The average Bonchev–Trinajstić information content (AvgIpc) is 3.24. The minimum Gasteiger partial charge on any atom is -0.376 e. The molecule has 2 saturated heterocycles. The van der Waals surface area contributed by atoms with E-state index < -0.39 is 0 Å². The Morgan fingerprint density at radius 1 is 1.21 bits per heavy atom. The van der Waals surface area contributed by atoms with E-state index in [0.29, 0.717) is 12.3 Å². The number of para-hydroxylation sites is 2. The van der Waals surface area contributed by atoms with Gasteiger partial charge in [0.2, 0.25) is 5.91 Å². The maximum atomic E-state index is 12.3. The Kier molecular flexibility index (Phi) is 6.32. The zero-order valence-corrected chi connectivity index (χ0v) is 17.2. The van der Waals surface area contributed by atoms with E-state index in [2.05, 4.69) is 17.1 Å². The van der Waals surface area contributed by atoms with Crippen molar-refractivity contribution in [2.45, 2.75) is 43.7 Å². The second-order valence-electron chi connectivity index (χ2n) is 7.74. The fraction of sp³-hybridized carbons (Fsp3) is 0.571. The number of piperidine rings is 1. The molecular formula is C21H28N4O2S. The minimum atomic E-state index is 0.0219. The van der Waals surface area contributed by atoms with Crippen LogP contribution in [0.25, 0.3) is 11.0 Å². The van der Waals surface area contributed by atoms with Crippen molar-refractivity contribution < 1.29 is 9.53 Å². The number of rotatable bonds is 6. The molecule has 1 N–H and O–H groups in total. The summed E-state index contributed by atoms with van der Waals surface area (Å²) in [6, 6.07) is 7.94. The van der Waals surface area contributed by atoms with Crippen LogP contribution in [-0.4, -0.2) is 54.0 Å². The van der Waals surface area contributed by atoms with Gasteiger partial charge in [0.1, 0.15) is 5.03 Å². The van der Waals surface area contributed by atoms with Gasteiger partial charge in [-0.2, -0.15) is 0 Å². The number of ether oxygens (including phenoxy) is 1. The quantitative estimate of drug-likeness (QED) is 0.751. The third-order valence-corrected chi connectivity index (χ3v) is 6.45. The van der Waals surface area contributed by atoms with Gasteiger partial charge in [0.05, 0.1) is 22.9 Å². The van der Waals surface area contributed by atoms with Gasteiger partial charge in [0.15, 0.2) is 5.82 Å². The normalized spacial score (nSPS) is 20.6. The van der Waals surface area contributed by atoms with Crippen LogP contribution in [0.15, 0.2) is 29.3 Å². The number of carbonyl (C=O) groups is 1. The van der Waals surface area contributed by atoms with Crippen LogP contribution in [0.5, 0.6) is 0 Å². The van der Waals surface area contributed by atoms with Crippen LogP contribution < -0.4 is 10.2 Å². The number of carbonyl (C=O) groups excluding carboxylic acids is 1. The number of amides is 1. The highest BCUT2D eigenvalue weighted by Crippen LogP contribution is 2.31. The third-order valence-electron chi connectivity index (χ3n) is 5.50. The first-order chi connectivity index (χ1) is 13.7. The lowest BCUT2D eigenvalue weighted by atomic mass is 9.99. The smallest absolute Gasteiger partial charge is 0.230 e. The Morgan fingerprint density at radius 3 is 2.68 bits per heavy atom. The molecule has 0 saturated carbocycles. The maximum absolute atomic E-state index is 12.3. The second-order valence-corrected chi connectivity index (χ2v) is 8.70. The highest BCUT2D eigenvalue weighted by molar-refractivity contribution is 8.00. The van der Waals surface area contributed by atoms with Crippen LogP contribution in [0.3, 0.4) is 0 Å². The number of hydrogen-bond donors (Lipinski definition) is 1. The summed E-state index contributed by atoms with van der Waals surface area (Å²) in [5, 5.41) is 3.84. The Labute approximate surface area is 170 Å². The van der Waals surface area contributed by atoms with Crippen LogP contribution >= 0.6 is 11.8 Å². The van der Waals surface area contributed by atoms with E-state index in [1.54, 1.807) is 0 Å². The molecule has 2 aliphatic rings. The van der Waals surface area contributed by atoms with Crippen LogP contribution in [0.2, 0.25) is 0 Å². The lowest BCUT2D eigenvalue weighted by Gasteiger charge is -2.32. The topological polar surface area (TPSA) is 67.4 Å². The fourth-order valence-electron chi connectivity index (χ4n) is 3.72. The molecule has 3 heterocycles. The molecule has 0 unspecified atom stereocenters. The van der Waals surface area contributed by atoms with Crippen molar-refractivity contribution in [2.75, 3.05) is 36.9 Å². The lowest BCUT2D eigenvalue weighted by molar-refractivity contribution is -0.119. The van der Waals surface area contributed by atoms with E-state index in [9.17, 15) is 4.79 Å². The molecule has 7 heteroatoms. The van der Waals surface area contributed by atoms with Gasteiger partial charge >= 0.3 is 0 Å². The van der Waals surface area contributed by atoms with Crippen molar-refractivity contribution in [3.05, 3.63) is 24.3 Å². The van der Waals surface area contributed by atoms with Gasteiger partial charge in [-0.05, 0) is 43.7 Å². The molecule has 2 aromatic rings. The molecule has 0 radical (unpaired) electrons. The first kappa shape index (κ1) is 19.5. The molecule has 2 aliphatic heterocycles. The minimum absolute atomic E-state index is 0.0219. The molecule has 1 atom stereocenters. The maximum Gasteiger partial charge on any atom is 0.230 e. The average molecular weight is 401 g/mol. The zero-order chi connectivity index (χ0) is 19.3. The lowest BCUT2D eigenvalue weighted by Crippen LogP contribution is -2.34. The van der Waals surface area contributed by atoms with Gasteiger partial charge in [-0.15, -0.1) is 0 Å². The number of hydrogen-bond acceptors (Lipinski definition) is 6. The molecule has 28 heavy (non-hydrogen) atoms. The van der Waals surface area contributed by atoms with E-state index in [-0.39, 0.29) is 12.0 Å². The van der Waals surface area contributed by atoms with E-state index in [1.807, 2.05) is 24.3 Å². The first-order valence-electron chi connectivity index (χ1n) is 10.2. The SMILES string of the molecule is CC1CCN(c2nc3ccccc3nc2SCC(=O)NC[C@H]2CCCO2)CC1. The van der Waals surface area contributed by atoms with Crippen molar-refractivity contribution in [2.24, 2.45) is 5.92 Å². The summed E-state index contributed by atoms with van der Waals surface area (Å²) in [6.07, 6.45) is 4.61. The predicted molar refractivity (Wildman–Crippen MR) is 113 cm³/mol. The summed E-state index contributed by atoms with van der Waals surface area (Å²) < 4.78 is 5.57.